The van der Waals surface area contributed by atoms with Gasteiger partial charge in [0.15, 0.2) is 0 Å². The van der Waals surface area contributed by atoms with Crippen LogP contribution in [0.4, 0.5) is 5.69 Å². The van der Waals surface area contributed by atoms with Crippen LogP contribution in [0.3, 0.4) is 0 Å². The van der Waals surface area contributed by atoms with Crippen LogP contribution in [0, 0.1) is 5.92 Å². The number of fused-ring (bicyclic) bond motifs is 1. The fourth-order valence-corrected chi connectivity index (χ4v) is 4.81. The van der Waals surface area contributed by atoms with E-state index < -0.39 is 0 Å². The van der Waals surface area contributed by atoms with Crippen LogP contribution in [0.5, 0.6) is 0 Å². The van der Waals surface area contributed by atoms with Gasteiger partial charge in [-0.2, -0.15) is 0 Å². The summed E-state index contributed by atoms with van der Waals surface area (Å²) in [5.41, 5.74) is 2.32. The number of hydrogen-bond acceptors (Lipinski definition) is 4. The first-order valence-electron chi connectivity index (χ1n) is 8.00. The number of nitrogens with one attached hydrogen (secondary N) is 1. The summed E-state index contributed by atoms with van der Waals surface area (Å²) < 4.78 is 1.01. The average molecular weight is 335 g/mol. The first-order chi connectivity index (χ1) is 10.8. The lowest BCUT2D eigenvalue weighted by Gasteiger charge is -2.21. The summed E-state index contributed by atoms with van der Waals surface area (Å²) in [5, 5.41) is 3.09. The number of carbonyl (C=O) groups is 1. The number of carbonyl (C=O) groups excluding carboxylic acids is 1. The van der Waals surface area contributed by atoms with E-state index in [9.17, 15) is 4.79 Å². The van der Waals surface area contributed by atoms with Crippen LogP contribution in [0.25, 0.3) is 0 Å². The molecule has 0 atom stereocenters. The van der Waals surface area contributed by atoms with Gasteiger partial charge in [0, 0.05) is 12.3 Å². The van der Waals surface area contributed by atoms with E-state index >= 15 is 0 Å². The minimum absolute atomic E-state index is 0.137. The SMILES string of the molecule is O=C(CSC1=Nc2ccccc2CS1)NCC1CCCCC1. The number of aliphatic imine (C=N–C) groups is 1. The minimum atomic E-state index is 0.137. The molecule has 1 saturated carbocycles. The highest BCUT2D eigenvalue weighted by atomic mass is 32.2. The van der Waals surface area contributed by atoms with Crippen molar-refractivity contribution in [2.24, 2.45) is 10.9 Å². The van der Waals surface area contributed by atoms with Crippen molar-refractivity contribution in [2.75, 3.05) is 12.3 Å². The van der Waals surface area contributed by atoms with Gasteiger partial charge in [0.05, 0.1) is 11.4 Å². The zero-order chi connectivity index (χ0) is 15.2. The largest absolute Gasteiger partial charge is 0.355 e. The lowest BCUT2D eigenvalue weighted by Crippen LogP contribution is -2.31. The van der Waals surface area contributed by atoms with Gasteiger partial charge in [0.25, 0.3) is 0 Å². The molecule has 22 heavy (non-hydrogen) atoms. The van der Waals surface area contributed by atoms with Crippen LogP contribution < -0.4 is 5.32 Å². The number of thioether (sulfide) groups is 2. The second-order valence-corrected chi connectivity index (χ2v) is 8.08. The van der Waals surface area contributed by atoms with Gasteiger partial charge < -0.3 is 5.32 Å². The fraction of sp³-hybridized carbons (Fsp3) is 0.529. The Labute approximate surface area is 140 Å². The molecule has 1 aromatic rings. The van der Waals surface area contributed by atoms with Crippen molar-refractivity contribution in [1.82, 2.24) is 5.32 Å². The molecule has 0 radical (unpaired) electrons. The van der Waals surface area contributed by atoms with Gasteiger partial charge in [-0.05, 0) is 30.4 Å². The predicted molar refractivity (Wildman–Crippen MR) is 96.9 cm³/mol. The predicted octanol–water partition coefficient (Wildman–Crippen LogP) is 4.35. The highest BCUT2D eigenvalue weighted by Crippen LogP contribution is 2.34. The summed E-state index contributed by atoms with van der Waals surface area (Å²) in [6.07, 6.45) is 6.54. The third-order valence-corrected chi connectivity index (χ3v) is 6.44. The zero-order valence-electron chi connectivity index (χ0n) is 12.7. The smallest absolute Gasteiger partial charge is 0.230 e. The molecule has 1 heterocycles. The maximum atomic E-state index is 12.0. The number of rotatable bonds is 4. The number of para-hydroxylation sites is 1. The van der Waals surface area contributed by atoms with Crippen LogP contribution in [-0.2, 0) is 10.5 Å². The summed E-state index contributed by atoms with van der Waals surface area (Å²) in [6, 6.07) is 8.21. The fourth-order valence-electron chi connectivity index (χ4n) is 2.91. The van der Waals surface area contributed by atoms with Crippen LogP contribution in [0.2, 0.25) is 0 Å². The molecule has 1 fully saturated rings. The van der Waals surface area contributed by atoms with Crippen molar-refractivity contribution in [2.45, 2.75) is 37.9 Å². The van der Waals surface area contributed by atoms with Crippen molar-refractivity contribution in [3.63, 3.8) is 0 Å². The van der Waals surface area contributed by atoms with Gasteiger partial charge in [-0.1, -0.05) is 61.0 Å². The van der Waals surface area contributed by atoms with Crippen LogP contribution >= 0.6 is 23.5 Å². The van der Waals surface area contributed by atoms with Gasteiger partial charge >= 0.3 is 0 Å². The van der Waals surface area contributed by atoms with E-state index in [1.54, 1.807) is 23.5 Å². The summed E-state index contributed by atoms with van der Waals surface area (Å²) in [7, 11) is 0. The third-order valence-electron chi connectivity index (χ3n) is 4.19. The Morgan fingerprint density at radius 3 is 2.95 bits per heavy atom. The molecular weight excluding hydrogens is 312 g/mol. The Bertz CT molecular complexity index is 553. The summed E-state index contributed by atoms with van der Waals surface area (Å²) in [5.74, 6) is 2.25. The molecule has 0 spiro atoms. The minimum Gasteiger partial charge on any atom is -0.355 e. The molecule has 3 rings (SSSR count). The summed E-state index contributed by atoms with van der Waals surface area (Å²) in [4.78, 5) is 16.6. The van der Waals surface area contributed by atoms with E-state index in [0.717, 1.165) is 22.4 Å². The first kappa shape index (κ1) is 15.9. The van der Waals surface area contributed by atoms with Crippen LogP contribution in [0.15, 0.2) is 29.3 Å². The van der Waals surface area contributed by atoms with Crippen LogP contribution in [0.1, 0.15) is 37.7 Å². The number of nitrogens with zero attached hydrogens (tertiary/aromatic N) is 1. The molecular formula is C17H22N2OS2. The van der Waals surface area contributed by atoms with Crippen LogP contribution in [-0.4, -0.2) is 22.6 Å². The molecule has 1 amide bonds. The monoisotopic (exact) mass is 334 g/mol. The average Bonchev–Trinajstić information content (AvgIpc) is 2.59. The highest BCUT2D eigenvalue weighted by Gasteiger charge is 2.16. The molecule has 118 valence electrons. The maximum Gasteiger partial charge on any atom is 0.230 e. The van der Waals surface area contributed by atoms with Gasteiger partial charge in [0.2, 0.25) is 5.91 Å². The molecule has 1 N–H and O–H groups in total. The number of benzene rings is 1. The van der Waals surface area contributed by atoms with Gasteiger partial charge in [0.1, 0.15) is 4.38 Å². The Morgan fingerprint density at radius 2 is 2.09 bits per heavy atom. The van der Waals surface area contributed by atoms with Crippen molar-refractivity contribution in [1.29, 1.82) is 0 Å². The molecule has 3 nitrogen and oxygen atoms in total. The lowest BCUT2D eigenvalue weighted by molar-refractivity contribution is -0.118. The summed E-state index contributed by atoms with van der Waals surface area (Å²) in [6.45, 7) is 0.849. The summed E-state index contributed by atoms with van der Waals surface area (Å²) >= 11 is 3.28. The standard InChI is InChI=1S/C17H22N2OS2/c20-16(18-10-13-6-2-1-3-7-13)12-22-17-19-15-9-5-4-8-14(15)11-21-17/h4-5,8-9,13H,1-3,6-7,10-12H2,(H,18,20). The molecule has 0 unspecified atom stereocenters. The van der Waals surface area contributed by atoms with Crippen molar-refractivity contribution >= 4 is 39.5 Å². The molecule has 0 aromatic heterocycles. The first-order valence-corrected chi connectivity index (χ1v) is 9.97. The van der Waals surface area contributed by atoms with E-state index in [0.29, 0.717) is 11.7 Å². The molecule has 1 aromatic carbocycles. The molecule has 1 aliphatic carbocycles. The van der Waals surface area contributed by atoms with E-state index in [2.05, 4.69) is 16.4 Å². The van der Waals surface area contributed by atoms with Crippen molar-refractivity contribution in [3.05, 3.63) is 29.8 Å². The van der Waals surface area contributed by atoms with Crippen molar-refractivity contribution < 1.29 is 4.79 Å². The second-order valence-electron chi connectivity index (χ2n) is 5.89. The number of hydrogen-bond donors (Lipinski definition) is 1. The molecule has 0 saturated heterocycles. The lowest BCUT2D eigenvalue weighted by atomic mass is 9.89. The Morgan fingerprint density at radius 1 is 1.27 bits per heavy atom. The molecule has 1 aliphatic heterocycles. The molecule has 2 aliphatic rings. The maximum absolute atomic E-state index is 12.0. The van der Waals surface area contributed by atoms with Gasteiger partial charge in [-0.3, -0.25) is 4.79 Å². The number of amides is 1. The third kappa shape index (κ3) is 4.53. The van der Waals surface area contributed by atoms with E-state index in [1.165, 1.54) is 37.7 Å². The topological polar surface area (TPSA) is 41.5 Å². The highest BCUT2D eigenvalue weighted by molar-refractivity contribution is 8.38. The molecule has 0 bridgehead atoms. The Hall–Kier alpha value is -0.940. The second kappa shape index (κ2) is 8.06. The Kier molecular flexibility index (Phi) is 5.84. The van der Waals surface area contributed by atoms with E-state index in [-0.39, 0.29) is 5.91 Å². The normalized spacial score (nSPS) is 18.5. The van der Waals surface area contributed by atoms with E-state index in [1.807, 2.05) is 18.2 Å². The Balaban J connectivity index is 1.42. The quantitative estimate of drug-likeness (QED) is 0.890. The van der Waals surface area contributed by atoms with Gasteiger partial charge in [-0.15, -0.1) is 0 Å². The van der Waals surface area contributed by atoms with E-state index in [4.69, 9.17) is 0 Å². The molecule has 5 heteroatoms. The zero-order valence-corrected chi connectivity index (χ0v) is 14.3. The van der Waals surface area contributed by atoms with Gasteiger partial charge in [-0.25, -0.2) is 4.99 Å². The van der Waals surface area contributed by atoms with Crippen molar-refractivity contribution in [3.8, 4) is 0 Å².